The number of anilines is 1. The fourth-order valence-corrected chi connectivity index (χ4v) is 4.89. The Kier molecular flexibility index (Phi) is 4.70. The zero-order valence-corrected chi connectivity index (χ0v) is 13.7. The van der Waals surface area contributed by atoms with Gasteiger partial charge in [0.1, 0.15) is 0 Å². The molecule has 0 saturated carbocycles. The van der Waals surface area contributed by atoms with Crippen molar-refractivity contribution in [2.24, 2.45) is 0 Å². The maximum atomic E-state index is 11.4. The van der Waals surface area contributed by atoms with Gasteiger partial charge in [0.05, 0.1) is 22.9 Å². The number of halogens is 2. The maximum Gasteiger partial charge on any atom is 0.171 e. The van der Waals surface area contributed by atoms with E-state index in [1.165, 1.54) is 0 Å². The topological polar surface area (TPSA) is 58.2 Å². The molecule has 4 nitrogen and oxygen atoms in total. The van der Waals surface area contributed by atoms with Crippen molar-refractivity contribution in [2.75, 3.05) is 16.8 Å². The van der Waals surface area contributed by atoms with Crippen LogP contribution in [0.3, 0.4) is 0 Å². The summed E-state index contributed by atoms with van der Waals surface area (Å²) >= 11 is 14.5. The van der Waals surface area contributed by atoms with E-state index in [1.807, 2.05) is 24.3 Å². The number of benzene rings is 1. The molecule has 0 aromatic heterocycles. The molecule has 0 aliphatic carbocycles. The Bertz CT molecular complexity index is 577. The van der Waals surface area contributed by atoms with Crippen molar-refractivity contribution in [3.63, 3.8) is 0 Å². The Hall–Kier alpha value is -0.370. The summed E-state index contributed by atoms with van der Waals surface area (Å²) in [5, 5.41) is 5.86. The average Bonchev–Trinajstić information content (AvgIpc) is 2.55. The number of sulfone groups is 1. The minimum absolute atomic E-state index is 0.00683. The second-order valence-electron chi connectivity index (χ2n) is 4.30. The van der Waals surface area contributed by atoms with Crippen molar-refractivity contribution >= 4 is 60.4 Å². The maximum absolute atomic E-state index is 11.4. The number of alkyl halides is 1. The predicted molar refractivity (Wildman–Crippen MR) is 85.6 cm³/mol. The van der Waals surface area contributed by atoms with Gasteiger partial charge in [-0.15, -0.1) is 11.6 Å². The Morgan fingerprint density at radius 1 is 1.32 bits per heavy atom. The molecule has 2 rings (SSSR count). The molecule has 2 unspecified atom stereocenters. The van der Waals surface area contributed by atoms with Gasteiger partial charge in [0.2, 0.25) is 0 Å². The van der Waals surface area contributed by atoms with Crippen LogP contribution in [0.2, 0.25) is 0 Å². The van der Waals surface area contributed by atoms with Crippen LogP contribution in [0.15, 0.2) is 28.7 Å². The van der Waals surface area contributed by atoms with E-state index in [1.54, 1.807) is 0 Å². The quantitative estimate of drug-likeness (QED) is 0.605. The van der Waals surface area contributed by atoms with E-state index in [0.717, 1.165) is 10.2 Å². The third kappa shape index (κ3) is 4.30. The van der Waals surface area contributed by atoms with Crippen LogP contribution >= 0.6 is 39.7 Å². The van der Waals surface area contributed by atoms with Gasteiger partial charge in [0, 0.05) is 10.2 Å². The lowest BCUT2D eigenvalue weighted by molar-refractivity contribution is 0.600. The Morgan fingerprint density at radius 2 is 1.95 bits per heavy atom. The van der Waals surface area contributed by atoms with Crippen molar-refractivity contribution in [3.05, 3.63) is 28.7 Å². The average molecular weight is 384 g/mol. The third-order valence-electron chi connectivity index (χ3n) is 2.70. The van der Waals surface area contributed by atoms with Crippen LogP contribution in [0.25, 0.3) is 0 Å². The number of hydrogen-bond donors (Lipinski definition) is 2. The molecule has 1 aliphatic heterocycles. The van der Waals surface area contributed by atoms with Gasteiger partial charge in [-0.1, -0.05) is 15.9 Å². The lowest BCUT2D eigenvalue weighted by atomic mass is 10.2. The highest BCUT2D eigenvalue weighted by Crippen LogP contribution is 2.18. The lowest BCUT2D eigenvalue weighted by Gasteiger charge is -2.17. The van der Waals surface area contributed by atoms with Crippen LogP contribution in [-0.2, 0) is 9.84 Å². The van der Waals surface area contributed by atoms with Crippen LogP contribution in [0.5, 0.6) is 0 Å². The van der Waals surface area contributed by atoms with Gasteiger partial charge < -0.3 is 10.6 Å². The summed E-state index contributed by atoms with van der Waals surface area (Å²) in [5.74, 6) is 0.0104. The number of rotatable bonds is 2. The molecule has 2 atom stereocenters. The molecule has 8 heteroatoms. The smallest absolute Gasteiger partial charge is 0.171 e. The Balaban J connectivity index is 1.93. The third-order valence-corrected chi connectivity index (χ3v) is 5.83. The SMILES string of the molecule is O=S1(=O)CC(Cl)C(NC(=S)Nc2ccc(Br)cc2)C1. The van der Waals surface area contributed by atoms with Crippen molar-refractivity contribution in [1.82, 2.24) is 5.32 Å². The van der Waals surface area contributed by atoms with E-state index in [-0.39, 0.29) is 17.5 Å². The molecule has 2 N–H and O–H groups in total. The van der Waals surface area contributed by atoms with Crippen LogP contribution in [-0.4, -0.2) is 36.5 Å². The Morgan fingerprint density at radius 3 is 2.47 bits per heavy atom. The molecule has 1 aromatic rings. The zero-order chi connectivity index (χ0) is 14.0. The summed E-state index contributed by atoms with van der Waals surface area (Å²) in [4.78, 5) is 0. The summed E-state index contributed by atoms with van der Waals surface area (Å²) < 4.78 is 23.8. The number of nitrogens with one attached hydrogen (secondary N) is 2. The van der Waals surface area contributed by atoms with E-state index >= 15 is 0 Å². The fraction of sp³-hybridized carbons (Fsp3) is 0.364. The van der Waals surface area contributed by atoms with Crippen LogP contribution < -0.4 is 10.6 Å². The molecular formula is C11H12BrClN2O2S2. The first kappa shape index (κ1) is 15.0. The van der Waals surface area contributed by atoms with Crippen molar-refractivity contribution in [2.45, 2.75) is 11.4 Å². The normalized spacial score (nSPS) is 24.9. The highest BCUT2D eigenvalue weighted by molar-refractivity contribution is 9.10. The predicted octanol–water partition coefficient (Wildman–Crippen LogP) is 2.14. The van der Waals surface area contributed by atoms with Crippen molar-refractivity contribution in [1.29, 1.82) is 0 Å². The van der Waals surface area contributed by atoms with Crippen LogP contribution in [0, 0.1) is 0 Å². The second-order valence-corrected chi connectivity index (χ2v) is 8.34. The van der Waals surface area contributed by atoms with E-state index in [2.05, 4.69) is 26.6 Å². The highest BCUT2D eigenvalue weighted by atomic mass is 79.9. The first-order chi connectivity index (χ1) is 8.85. The van der Waals surface area contributed by atoms with Gasteiger partial charge in [0.25, 0.3) is 0 Å². The summed E-state index contributed by atoms with van der Waals surface area (Å²) in [6.45, 7) is 0. The first-order valence-corrected chi connectivity index (χ1v) is 8.99. The van der Waals surface area contributed by atoms with Gasteiger partial charge in [0.15, 0.2) is 14.9 Å². The van der Waals surface area contributed by atoms with Gasteiger partial charge in [-0.25, -0.2) is 8.42 Å². The molecule has 0 amide bonds. The molecule has 1 fully saturated rings. The Labute approximate surface area is 131 Å². The van der Waals surface area contributed by atoms with E-state index < -0.39 is 15.2 Å². The van der Waals surface area contributed by atoms with E-state index in [4.69, 9.17) is 23.8 Å². The molecule has 1 aromatic carbocycles. The molecule has 0 bridgehead atoms. The second kappa shape index (κ2) is 5.95. The van der Waals surface area contributed by atoms with Crippen LogP contribution in [0.4, 0.5) is 5.69 Å². The van der Waals surface area contributed by atoms with Crippen molar-refractivity contribution < 1.29 is 8.42 Å². The lowest BCUT2D eigenvalue weighted by Crippen LogP contribution is -2.42. The minimum atomic E-state index is -3.06. The molecule has 1 aliphatic rings. The summed E-state index contributed by atoms with van der Waals surface area (Å²) in [7, 11) is -3.06. The van der Waals surface area contributed by atoms with E-state index in [0.29, 0.717) is 5.11 Å². The van der Waals surface area contributed by atoms with E-state index in [9.17, 15) is 8.42 Å². The molecule has 0 spiro atoms. The number of hydrogen-bond acceptors (Lipinski definition) is 3. The monoisotopic (exact) mass is 382 g/mol. The summed E-state index contributed by atoms with van der Waals surface area (Å²) in [6.07, 6.45) is 0. The largest absolute Gasteiger partial charge is 0.357 e. The molecule has 104 valence electrons. The molecule has 0 radical (unpaired) electrons. The standard InChI is InChI=1S/C11H12BrClN2O2S2/c12-7-1-3-8(4-2-7)14-11(18)15-10-6-19(16,17)5-9(10)13/h1-4,9-10H,5-6H2,(H2,14,15,18). The zero-order valence-electron chi connectivity index (χ0n) is 9.77. The van der Waals surface area contributed by atoms with Gasteiger partial charge in [-0.05, 0) is 36.5 Å². The summed E-state index contributed by atoms with van der Waals surface area (Å²) in [5.41, 5.74) is 0.827. The highest BCUT2D eigenvalue weighted by Gasteiger charge is 2.36. The molecule has 1 heterocycles. The minimum Gasteiger partial charge on any atom is -0.357 e. The summed E-state index contributed by atoms with van der Waals surface area (Å²) in [6, 6.07) is 7.15. The van der Waals surface area contributed by atoms with Gasteiger partial charge in [-0.3, -0.25) is 0 Å². The first-order valence-electron chi connectivity index (χ1n) is 5.53. The van der Waals surface area contributed by atoms with Crippen LogP contribution in [0.1, 0.15) is 0 Å². The van der Waals surface area contributed by atoms with Gasteiger partial charge in [-0.2, -0.15) is 0 Å². The number of thiocarbonyl (C=S) groups is 1. The molecule has 1 saturated heterocycles. The molecular weight excluding hydrogens is 372 g/mol. The van der Waals surface area contributed by atoms with Crippen molar-refractivity contribution in [3.8, 4) is 0 Å². The fourth-order valence-electron chi connectivity index (χ4n) is 1.81. The van der Waals surface area contributed by atoms with Gasteiger partial charge >= 0.3 is 0 Å². The molecule has 19 heavy (non-hydrogen) atoms.